The van der Waals surface area contributed by atoms with Gasteiger partial charge >= 0.3 is 0 Å². The summed E-state index contributed by atoms with van der Waals surface area (Å²) in [5.74, 6) is 1.56. The van der Waals surface area contributed by atoms with Gasteiger partial charge in [0, 0.05) is 10.9 Å². The van der Waals surface area contributed by atoms with Crippen LogP contribution in [0.3, 0.4) is 0 Å². The van der Waals surface area contributed by atoms with Gasteiger partial charge in [0.2, 0.25) is 0 Å². The Balaban J connectivity index is 2.14. The number of hydrogen-bond donors (Lipinski definition) is 1. The van der Waals surface area contributed by atoms with E-state index in [1.54, 1.807) is 24.0 Å². The Bertz CT molecular complexity index is 534. The van der Waals surface area contributed by atoms with Gasteiger partial charge in [-0.25, -0.2) is 4.98 Å². The maximum absolute atomic E-state index is 9.64. The van der Waals surface area contributed by atoms with Crippen LogP contribution in [-0.4, -0.2) is 25.0 Å². The Kier molecular flexibility index (Phi) is 3.56. The fourth-order valence-corrected chi connectivity index (χ4v) is 1.93. The Morgan fingerprint density at radius 1 is 1.39 bits per heavy atom. The maximum Gasteiger partial charge on any atom is 0.280 e. The highest BCUT2D eigenvalue weighted by atomic mass is 32.2. The first-order chi connectivity index (χ1) is 8.46. The van der Waals surface area contributed by atoms with Crippen LogP contribution >= 0.6 is 11.8 Å². The largest absolute Gasteiger partial charge is 0.505 e. The number of aromatic hydroxyl groups is 1. The molecule has 2 heterocycles. The van der Waals surface area contributed by atoms with Crippen LogP contribution in [0.15, 0.2) is 22.9 Å². The Morgan fingerprint density at radius 2 is 2.17 bits per heavy atom. The van der Waals surface area contributed by atoms with E-state index in [4.69, 9.17) is 4.52 Å². The lowest BCUT2D eigenvalue weighted by Crippen LogP contribution is -2.07. The highest BCUT2D eigenvalue weighted by molar-refractivity contribution is 7.99. The molecular formula is C12H15N3O2S. The second-order valence-electron chi connectivity index (χ2n) is 4.79. The zero-order chi connectivity index (χ0) is 13.2. The molecule has 0 bridgehead atoms. The number of pyridine rings is 1. The molecule has 0 spiro atoms. The van der Waals surface area contributed by atoms with E-state index in [2.05, 4.69) is 35.9 Å². The smallest absolute Gasteiger partial charge is 0.280 e. The number of rotatable bonds is 3. The quantitative estimate of drug-likeness (QED) is 0.920. The van der Waals surface area contributed by atoms with Crippen LogP contribution in [-0.2, 0) is 5.75 Å². The summed E-state index contributed by atoms with van der Waals surface area (Å²) in [6.45, 7) is 6.38. The van der Waals surface area contributed by atoms with Crippen molar-refractivity contribution >= 4 is 11.8 Å². The second-order valence-corrected chi connectivity index (χ2v) is 6.59. The van der Waals surface area contributed by atoms with Crippen molar-refractivity contribution in [3.63, 3.8) is 0 Å². The number of thioether (sulfide) groups is 1. The van der Waals surface area contributed by atoms with Crippen molar-refractivity contribution in [3.05, 3.63) is 24.2 Å². The molecule has 2 aromatic rings. The molecule has 0 saturated carbocycles. The van der Waals surface area contributed by atoms with E-state index < -0.39 is 0 Å². The van der Waals surface area contributed by atoms with E-state index in [1.165, 1.54) is 6.07 Å². The van der Waals surface area contributed by atoms with E-state index in [0.29, 0.717) is 17.3 Å². The van der Waals surface area contributed by atoms with Crippen molar-refractivity contribution in [2.24, 2.45) is 0 Å². The molecule has 0 aliphatic rings. The van der Waals surface area contributed by atoms with Gasteiger partial charge in [0.25, 0.3) is 5.89 Å². The lowest BCUT2D eigenvalue weighted by molar-refractivity contribution is 0.417. The summed E-state index contributed by atoms with van der Waals surface area (Å²) in [6.07, 6.45) is 1.57. The van der Waals surface area contributed by atoms with Crippen LogP contribution in [0.5, 0.6) is 5.75 Å². The first-order valence-corrected chi connectivity index (χ1v) is 6.55. The van der Waals surface area contributed by atoms with Gasteiger partial charge in [-0.3, -0.25) is 0 Å². The van der Waals surface area contributed by atoms with E-state index in [-0.39, 0.29) is 16.4 Å². The fraction of sp³-hybridized carbons (Fsp3) is 0.417. The molecule has 96 valence electrons. The van der Waals surface area contributed by atoms with Crippen LogP contribution in [0.1, 0.15) is 26.6 Å². The second kappa shape index (κ2) is 4.97. The third-order valence-corrected chi connectivity index (χ3v) is 3.36. The monoisotopic (exact) mass is 265 g/mol. The van der Waals surface area contributed by atoms with Crippen LogP contribution in [0.4, 0.5) is 0 Å². The Hall–Kier alpha value is -1.56. The molecule has 0 amide bonds. The molecule has 0 unspecified atom stereocenters. The Labute approximate surface area is 110 Å². The van der Waals surface area contributed by atoms with Crippen LogP contribution in [0.2, 0.25) is 0 Å². The van der Waals surface area contributed by atoms with Crippen LogP contribution < -0.4 is 0 Å². The van der Waals surface area contributed by atoms with Crippen molar-refractivity contribution in [1.82, 2.24) is 15.1 Å². The zero-order valence-corrected chi connectivity index (χ0v) is 11.4. The summed E-state index contributed by atoms with van der Waals surface area (Å²) >= 11 is 1.73. The Morgan fingerprint density at radius 3 is 2.83 bits per heavy atom. The first kappa shape index (κ1) is 12.9. The summed E-state index contributed by atoms with van der Waals surface area (Å²) in [5, 5.41) is 13.5. The van der Waals surface area contributed by atoms with E-state index in [9.17, 15) is 5.11 Å². The van der Waals surface area contributed by atoms with Crippen molar-refractivity contribution in [1.29, 1.82) is 0 Å². The molecule has 0 aromatic carbocycles. The predicted octanol–water partition coefficient (Wildman–Crippen LogP) is 2.87. The minimum absolute atomic E-state index is 0.0381. The summed E-state index contributed by atoms with van der Waals surface area (Å²) in [7, 11) is 0. The lowest BCUT2D eigenvalue weighted by atomic mass is 10.3. The standard InChI is InChI=1S/C12H15N3O2S/c1-12(2,3)18-7-9-14-11(17-15-9)10-8(16)5-4-6-13-10/h4-6,16H,7H2,1-3H3. The average molecular weight is 265 g/mol. The highest BCUT2D eigenvalue weighted by Crippen LogP contribution is 2.28. The molecular weight excluding hydrogens is 250 g/mol. The van der Waals surface area contributed by atoms with Crippen LogP contribution in [0.25, 0.3) is 11.6 Å². The van der Waals surface area contributed by atoms with E-state index in [1.807, 2.05) is 0 Å². The normalized spacial score (nSPS) is 11.7. The van der Waals surface area contributed by atoms with E-state index in [0.717, 1.165) is 0 Å². The van der Waals surface area contributed by atoms with E-state index >= 15 is 0 Å². The van der Waals surface area contributed by atoms with Gasteiger partial charge in [0.15, 0.2) is 11.5 Å². The molecule has 0 aliphatic heterocycles. The van der Waals surface area contributed by atoms with Crippen molar-refractivity contribution in [3.8, 4) is 17.3 Å². The molecule has 5 nitrogen and oxygen atoms in total. The maximum atomic E-state index is 9.64. The summed E-state index contributed by atoms with van der Waals surface area (Å²) in [5.41, 5.74) is 0.317. The summed E-state index contributed by atoms with van der Waals surface area (Å²) in [6, 6.07) is 3.18. The van der Waals surface area contributed by atoms with Gasteiger partial charge in [-0.2, -0.15) is 4.98 Å². The molecule has 0 fully saturated rings. The molecule has 2 aromatic heterocycles. The minimum Gasteiger partial charge on any atom is -0.505 e. The third kappa shape index (κ3) is 3.22. The molecule has 0 saturated heterocycles. The van der Waals surface area contributed by atoms with Crippen molar-refractivity contribution in [2.45, 2.75) is 31.3 Å². The fourth-order valence-electron chi connectivity index (χ4n) is 1.25. The zero-order valence-electron chi connectivity index (χ0n) is 10.5. The van der Waals surface area contributed by atoms with Crippen molar-refractivity contribution in [2.75, 3.05) is 0 Å². The number of aromatic nitrogens is 3. The van der Waals surface area contributed by atoms with Crippen LogP contribution in [0, 0.1) is 0 Å². The topological polar surface area (TPSA) is 72.0 Å². The molecule has 0 aliphatic carbocycles. The number of nitrogens with zero attached hydrogens (tertiary/aromatic N) is 3. The minimum atomic E-state index is 0.0381. The average Bonchev–Trinajstić information content (AvgIpc) is 2.75. The van der Waals surface area contributed by atoms with Gasteiger partial charge in [-0.15, -0.1) is 11.8 Å². The van der Waals surface area contributed by atoms with Gasteiger partial charge in [-0.1, -0.05) is 25.9 Å². The first-order valence-electron chi connectivity index (χ1n) is 5.56. The summed E-state index contributed by atoms with van der Waals surface area (Å²) in [4.78, 5) is 8.24. The van der Waals surface area contributed by atoms with Gasteiger partial charge in [0.05, 0.1) is 5.75 Å². The van der Waals surface area contributed by atoms with Gasteiger partial charge in [0.1, 0.15) is 5.75 Å². The molecule has 6 heteroatoms. The van der Waals surface area contributed by atoms with Gasteiger partial charge < -0.3 is 9.63 Å². The molecule has 2 rings (SSSR count). The predicted molar refractivity (Wildman–Crippen MR) is 70.2 cm³/mol. The molecule has 18 heavy (non-hydrogen) atoms. The van der Waals surface area contributed by atoms with Gasteiger partial charge in [-0.05, 0) is 12.1 Å². The molecule has 1 N–H and O–H groups in total. The molecule has 0 atom stereocenters. The SMILES string of the molecule is CC(C)(C)SCc1noc(-c2ncccc2O)n1. The van der Waals surface area contributed by atoms with Crippen molar-refractivity contribution < 1.29 is 9.63 Å². The summed E-state index contributed by atoms with van der Waals surface area (Å²) < 4.78 is 5.25. The number of hydrogen-bond acceptors (Lipinski definition) is 6. The molecule has 0 radical (unpaired) electrons. The third-order valence-electron chi connectivity index (χ3n) is 2.09. The highest BCUT2D eigenvalue weighted by Gasteiger charge is 2.16. The lowest BCUT2D eigenvalue weighted by Gasteiger charge is -2.15.